The van der Waals surface area contributed by atoms with Crippen molar-refractivity contribution in [1.29, 1.82) is 0 Å². The number of nitrogens with zero attached hydrogens (tertiary/aromatic N) is 1. The Morgan fingerprint density at radius 1 is 1.39 bits per heavy atom. The minimum absolute atomic E-state index is 0.235. The Morgan fingerprint density at radius 3 is 2.78 bits per heavy atom. The van der Waals surface area contributed by atoms with Crippen molar-refractivity contribution in [2.45, 2.75) is 44.6 Å². The van der Waals surface area contributed by atoms with Crippen LogP contribution in [-0.2, 0) is 0 Å². The number of aryl methyl sites for hydroxylation is 1. The van der Waals surface area contributed by atoms with Gasteiger partial charge in [0.2, 0.25) is 0 Å². The van der Waals surface area contributed by atoms with Crippen LogP contribution in [0.15, 0.2) is 12.1 Å². The van der Waals surface area contributed by atoms with E-state index in [-0.39, 0.29) is 6.61 Å². The van der Waals surface area contributed by atoms with Crippen LogP contribution in [0.1, 0.15) is 48.3 Å². The zero-order valence-corrected chi connectivity index (χ0v) is 10.7. The van der Waals surface area contributed by atoms with Gasteiger partial charge in [0, 0.05) is 5.69 Å². The summed E-state index contributed by atoms with van der Waals surface area (Å²) in [5.41, 5.74) is 0.332. The first-order valence-electron chi connectivity index (χ1n) is 6.41. The summed E-state index contributed by atoms with van der Waals surface area (Å²) in [6.07, 6.45) is 5.46. The van der Waals surface area contributed by atoms with Crippen molar-refractivity contribution < 1.29 is 14.6 Å². The van der Waals surface area contributed by atoms with Gasteiger partial charge in [0.15, 0.2) is 6.29 Å². The molecule has 0 amide bonds. The second-order valence-corrected chi connectivity index (χ2v) is 5.03. The van der Waals surface area contributed by atoms with Gasteiger partial charge in [-0.1, -0.05) is 19.3 Å². The summed E-state index contributed by atoms with van der Waals surface area (Å²) in [5, 5.41) is 10.3. The largest absolute Gasteiger partial charge is 0.488 e. The van der Waals surface area contributed by atoms with E-state index in [1.54, 1.807) is 12.1 Å². The number of rotatable bonds is 4. The Hall–Kier alpha value is -1.42. The molecule has 18 heavy (non-hydrogen) atoms. The van der Waals surface area contributed by atoms with Crippen LogP contribution in [0, 0.1) is 6.92 Å². The number of hydrogen-bond acceptors (Lipinski definition) is 4. The average Bonchev–Trinajstić information content (AvgIpc) is 2.38. The molecule has 1 aliphatic rings. The van der Waals surface area contributed by atoms with Crippen molar-refractivity contribution in [3.05, 3.63) is 23.5 Å². The predicted molar refractivity (Wildman–Crippen MR) is 67.9 cm³/mol. The second kappa shape index (κ2) is 5.48. The summed E-state index contributed by atoms with van der Waals surface area (Å²) in [7, 11) is 0. The number of pyridine rings is 1. The molecule has 1 heterocycles. The van der Waals surface area contributed by atoms with Crippen LogP contribution >= 0.6 is 0 Å². The lowest BCUT2D eigenvalue weighted by molar-refractivity contribution is -0.0341. The van der Waals surface area contributed by atoms with Crippen LogP contribution < -0.4 is 4.74 Å². The molecule has 0 bridgehead atoms. The molecule has 0 spiro atoms. The Labute approximate surface area is 107 Å². The topological polar surface area (TPSA) is 59.4 Å². The maximum absolute atomic E-state index is 10.9. The van der Waals surface area contributed by atoms with Gasteiger partial charge >= 0.3 is 0 Å². The number of aliphatic hydroxyl groups is 1. The molecule has 1 aromatic rings. The van der Waals surface area contributed by atoms with Crippen molar-refractivity contribution >= 4 is 6.29 Å². The first kappa shape index (κ1) is 13.0. The van der Waals surface area contributed by atoms with Gasteiger partial charge in [-0.05, 0) is 31.9 Å². The molecule has 0 atom stereocenters. The molecule has 98 valence electrons. The third-order valence-corrected chi connectivity index (χ3v) is 3.42. The van der Waals surface area contributed by atoms with E-state index in [9.17, 15) is 9.90 Å². The third-order valence-electron chi connectivity index (χ3n) is 3.42. The van der Waals surface area contributed by atoms with E-state index in [1.165, 1.54) is 6.42 Å². The van der Waals surface area contributed by atoms with Gasteiger partial charge in [-0.3, -0.25) is 4.79 Å². The van der Waals surface area contributed by atoms with E-state index < -0.39 is 5.60 Å². The van der Waals surface area contributed by atoms with Gasteiger partial charge in [-0.2, -0.15) is 0 Å². The zero-order chi connectivity index (χ0) is 13.0. The van der Waals surface area contributed by atoms with Gasteiger partial charge < -0.3 is 9.84 Å². The van der Waals surface area contributed by atoms with Crippen molar-refractivity contribution in [3.8, 4) is 5.75 Å². The van der Waals surface area contributed by atoms with Gasteiger partial charge in [0.05, 0.1) is 5.60 Å². The molecule has 1 N–H and O–H groups in total. The molecular formula is C14H19NO3. The molecule has 1 aromatic heterocycles. The average molecular weight is 249 g/mol. The number of carbonyl (C=O) groups is 1. The summed E-state index contributed by atoms with van der Waals surface area (Å²) >= 11 is 0. The maximum Gasteiger partial charge on any atom is 0.172 e. The molecule has 4 nitrogen and oxygen atoms in total. The fourth-order valence-electron chi connectivity index (χ4n) is 2.34. The van der Waals surface area contributed by atoms with E-state index in [0.717, 1.165) is 31.4 Å². The highest BCUT2D eigenvalue weighted by molar-refractivity contribution is 5.76. The molecule has 1 saturated carbocycles. The molecular weight excluding hydrogens is 230 g/mol. The van der Waals surface area contributed by atoms with E-state index in [4.69, 9.17) is 4.74 Å². The number of aldehydes is 1. The summed E-state index contributed by atoms with van der Waals surface area (Å²) in [6, 6.07) is 3.53. The Bertz CT molecular complexity index is 425. The number of aromatic nitrogens is 1. The fraction of sp³-hybridized carbons (Fsp3) is 0.571. The Balaban J connectivity index is 2.03. The van der Waals surface area contributed by atoms with Crippen LogP contribution in [0.5, 0.6) is 5.75 Å². The predicted octanol–water partition coefficient (Wildman–Crippen LogP) is 2.28. The quantitative estimate of drug-likeness (QED) is 0.832. The fourth-order valence-corrected chi connectivity index (χ4v) is 2.34. The summed E-state index contributed by atoms with van der Waals surface area (Å²) in [6.45, 7) is 2.06. The maximum atomic E-state index is 10.9. The van der Waals surface area contributed by atoms with E-state index in [2.05, 4.69) is 4.98 Å². The lowest BCUT2D eigenvalue weighted by Crippen LogP contribution is -2.38. The monoisotopic (exact) mass is 249 g/mol. The summed E-state index contributed by atoms with van der Waals surface area (Å²) in [5.74, 6) is 0.453. The molecule has 0 saturated heterocycles. The Kier molecular flexibility index (Phi) is 3.97. The molecule has 0 aliphatic heterocycles. The highest BCUT2D eigenvalue weighted by Gasteiger charge is 2.30. The smallest absolute Gasteiger partial charge is 0.172 e. The first-order valence-corrected chi connectivity index (χ1v) is 6.41. The molecule has 2 rings (SSSR count). The number of ether oxygens (including phenoxy) is 1. The normalized spacial score (nSPS) is 18.3. The standard InChI is InChI=1S/C14H19NO3/c1-11-5-6-13(12(9-16)15-11)18-10-14(17)7-3-2-4-8-14/h5-6,9,17H,2-4,7-8,10H2,1H3. The van der Waals surface area contributed by atoms with Crippen molar-refractivity contribution in [1.82, 2.24) is 4.98 Å². The molecule has 4 heteroatoms. The number of carbonyl (C=O) groups excluding carboxylic acids is 1. The number of hydrogen-bond donors (Lipinski definition) is 1. The van der Waals surface area contributed by atoms with Crippen molar-refractivity contribution in [2.75, 3.05) is 6.61 Å². The van der Waals surface area contributed by atoms with Gasteiger partial charge in [-0.25, -0.2) is 4.98 Å². The summed E-state index contributed by atoms with van der Waals surface area (Å²) in [4.78, 5) is 15.0. The molecule has 0 aromatic carbocycles. The lowest BCUT2D eigenvalue weighted by atomic mass is 9.85. The Morgan fingerprint density at radius 2 is 2.11 bits per heavy atom. The molecule has 1 fully saturated rings. The lowest BCUT2D eigenvalue weighted by Gasteiger charge is -2.31. The van der Waals surface area contributed by atoms with Crippen LogP contribution in [0.3, 0.4) is 0 Å². The van der Waals surface area contributed by atoms with Crippen LogP contribution in [-0.4, -0.2) is 28.6 Å². The van der Waals surface area contributed by atoms with Gasteiger partial charge in [0.1, 0.15) is 18.1 Å². The minimum Gasteiger partial charge on any atom is -0.488 e. The first-order chi connectivity index (χ1) is 8.63. The van der Waals surface area contributed by atoms with Gasteiger partial charge in [0.25, 0.3) is 0 Å². The van der Waals surface area contributed by atoms with E-state index in [0.29, 0.717) is 17.7 Å². The van der Waals surface area contributed by atoms with E-state index >= 15 is 0 Å². The summed E-state index contributed by atoms with van der Waals surface area (Å²) < 4.78 is 5.58. The van der Waals surface area contributed by atoms with Crippen LogP contribution in [0.4, 0.5) is 0 Å². The molecule has 1 aliphatic carbocycles. The SMILES string of the molecule is Cc1ccc(OCC2(O)CCCCC2)c(C=O)n1. The van der Waals surface area contributed by atoms with Crippen molar-refractivity contribution in [3.63, 3.8) is 0 Å². The zero-order valence-electron chi connectivity index (χ0n) is 10.7. The highest BCUT2D eigenvalue weighted by Crippen LogP contribution is 2.29. The van der Waals surface area contributed by atoms with E-state index in [1.807, 2.05) is 6.92 Å². The second-order valence-electron chi connectivity index (χ2n) is 5.03. The molecule has 0 unspecified atom stereocenters. The third kappa shape index (κ3) is 3.07. The minimum atomic E-state index is -0.747. The van der Waals surface area contributed by atoms with Crippen LogP contribution in [0.2, 0.25) is 0 Å². The van der Waals surface area contributed by atoms with Gasteiger partial charge in [-0.15, -0.1) is 0 Å². The van der Waals surface area contributed by atoms with Crippen molar-refractivity contribution in [2.24, 2.45) is 0 Å². The highest BCUT2D eigenvalue weighted by atomic mass is 16.5. The molecule has 0 radical (unpaired) electrons. The van der Waals surface area contributed by atoms with Crippen LogP contribution in [0.25, 0.3) is 0 Å².